The molecule has 2 aliphatic rings. The highest BCUT2D eigenvalue weighted by Crippen LogP contribution is 2.38. The summed E-state index contributed by atoms with van der Waals surface area (Å²) in [5.41, 5.74) is 1.81. The molecule has 0 aromatic heterocycles. The predicted molar refractivity (Wildman–Crippen MR) is 125 cm³/mol. The molecular formula is C23H30B2N2O2. The van der Waals surface area contributed by atoms with E-state index >= 15 is 0 Å². The molecule has 0 bridgehead atoms. The fourth-order valence-corrected chi connectivity index (χ4v) is 3.87. The van der Waals surface area contributed by atoms with Gasteiger partial charge in [-0.15, -0.1) is 0 Å². The van der Waals surface area contributed by atoms with Gasteiger partial charge in [-0.25, -0.2) is 0 Å². The van der Waals surface area contributed by atoms with Crippen molar-refractivity contribution in [3.05, 3.63) is 60.6 Å². The second kappa shape index (κ2) is 7.58. The Labute approximate surface area is 175 Å². The Morgan fingerprint density at radius 2 is 1.52 bits per heavy atom. The quantitative estimate of drug-likeness (QED) is 0.521. The Morgan fingerprint density at radius 1 is 0.931 bits per heavy atom. The second-order valence-corrected chi connectivity index (χ2v) is 9.07. The maximum atomic E-state index is 6.05. The SMILES string of the molecule is CC(/C=C\CB1OC(C)(C)C(C)(C)O1)/C=C/B1Nc2cccc3cccc(c23)N1. The molecule has 29 heavy (non-hydrogen) atoms. The molecule has 2 aromatic carbocycles. The number of anilines is 2. The van der Waals surface area contributed by atoms with Crippen LogP contribution < -0.4 is 10.5 Å². The van der Waals surface area contributed by atoms with Gasteiger partial charge < -0.3 is 19.8 Å². The van der Waals surface area contributed by atoms with Crippen LogP contribution in [-0.4, -0.2) is 25.3 Å². The van der Waals surface area contributed by atoms with Crippen molar-refractivity contribution in [2.75, 3.05) is 10.5 Å². The van der Waals surface area contributed by atoms with Gasteiger partial charge in [-0.1, -0.05) is 55.4 Å². The minimum absolute atomic E-state index is 0.0782. The number of hydrogen-bond donors (Lipinski definition) is 2. The van der Waals surface area contributed by atoms with Crippen LogP contribution in [0.25, 0.3) is 10.8 Å². The Bertz CT molecular complexity index is 898. The number of allylic oxidation sites excluding steroid dienone is 3. The summed E-state index contributed by atoms with van der Waals surface area (Å²) < 4.78 is 12.1. The summed E-state index contributed by atoms with van der Waals surface area (Å²) in [6.07, 6.45) is 7.35. The molecule has 2 aliphatic heterocycles. The smallest absolute Gasteiger partial charge is 0.405 e. The van der Waals surface area contributed by atoms with Crippen LogP contribution in [-0.2, 0) is 9.31 Å². The molecule has 0 aliphatic carbocycles. The maximum Gasteiger partial charge on any atom is 0.461 e. The lowest BCUT2D eigenvalue weighted by molar-refractivity contribution is 0.00578. The average Bonchev–Trinajstić information content (AvgIpc) is 2.87. The minimum Gasteiger partial charge on any atom is -0.405 e. The first-order valence-electron chi connectivity index (χ1n) is 10.5. The molecule has 2 heterocycles. The summed E-state index contributed by atoms with van der Waals surface area (Å²) in [7, 11) is -0.175. The van der Waals surface area contributed by atoms with Crippen LogP contribution in [0.4, 0.5) is 11.4 Å². The van der Waals surface area contributed by atoms with Gasteiger partial charge in [0.05, 0.1) is 11.2 Å². The Balaban J connectivity index is 1.34. The zero-order valence-corrected chi connectivity index (χ0v) is 18.0. The fraction of sp³-hybridized carbons (Fsp3) is 0.391. The molecule has 1 unspecified atom stereocenters. The summed E-state index contributed by atoms with van der Waals surface area (Å²) >= 11 is 0. The van der Waals surface area contributed by atoms with Crippen molar-refractivity contribution >= 4 is 36.2 Å². The van der Waals surface area contributed by atoms with E-state index in [9.17, 15) is 0 Å². The Kier molecular flexibility index (Phi) is 5.26. The monoisotopic (exact) mass is 388 g/mol. The molecule has 1 saturated heterocycles. The molecule has 1 atom stereocenters. The highest BCUT2D eigenvalue weighted by atomic mass is 16.7. The van der Waals surface area contributed by atoms with Crippen LogP contribution in [0.15, 0.2) is 60.6 Å². The van der Waals surface area contributed by atoms with Crippen LogP contribution in [0.1, 0.15) is 34.6 Å². The van der Waals surface area contributed by atoms with Gasteiger partial charge in [0.15, 0.2) is 0 Å². The van der Waals surface area contributed by atoms with Crippen LogP contribution >= 0.6 is 0 Å². The van der Waals surface area contributed by atoms with Gasteiger partial charge in [-0.2, -0.15) is 0 Å². The molecule has 1 fully saturated rings. The highest BCUT2D eigenvalue weighted by molar-refractivity contribution is 6.72. The third-order valence-electron chi connectivity index (χ3n) is 6.20. The van der Waals surface area contributed by atoms with Crippen molar-refractivity contribution in [3.8, 4) is 0 Å². The van der Waals surface area contributed by atoms with Crippen molar-refractivity contribution in [1.29, 1.82) is 0 Å². The molecule has 2 N–H and O–H groups in total. The summed E-state index contributed by atoms with van der Waals surface area (Å²) in [5.74, 6) is 2.52. The maximum absolute atomic E-state index is 6.05. The van der Waals surface area contributed by atoms with Crippen molar-refractivity contribution in [1.82, 2.24) is 0 Å². The van der Waals surface area contributed by atoms with E-state index < -0.39 is 0 Å². The zero-order valence-electron chi connectivity index (χ0n) is 18.0. The van der Waals surface area contributed by atoms with Gasteiger partial charge in [0.1, 0.15) is 0 Å². The normalized spacial score (nSPS) is 21.0. The molecule has 0 spiro atoms. The number of rotatable bonds is 5. The van der Waals surface area contributed by atoms with E-state index in [0.29, 0.717) is 5.92 Å². The Morgan fingerprint density at radius 3 is 2.10 bits per heavy atom. The summed E-state index contributed by atoms with van der Waals surface area (Å²) in [6, 6.07) is 12.8. The molecule has 150 valence electrons. The van der Waals surface area contributed by atoms with Crippen LogP contribution in [0.2, 0.25) is 6.32 Å². The molecule has 0 saturated carbocycles. The third kappa shape index (κ3) is 4.10. The molecule has 2 aromatic rings. The van der Waals surface area contributed by atoms with E-state index in [1.54, 1.807) is 0 Å². The second-order valence-electron chi connectivity index (χ2n) is 9.07. The first-order chi connectivity index (χ1) is 13.7. The molecule has 4 nitrogen and oxygen atoms in total. The van der Waals surface area contributed by atoms with Crippen molar-refractivity contribution < 1.29 is 9.31 Å². The van der Waals surface area contributed by atoms with E-state index in [-0.39, 0.29) is 25.3 Å². The molecule has 0 amide bonds. The van der Waals surface area contributed by atoms with Gasteiger partial charge in [0, 0.05) is 23.1 Å². The topological polar surface area (TPSA) is 42.5 Å². The van der Waals surface area contributed by atoms with Crippen LogP contribution in [0.3, 0.4) is 0 Å². The van der Waals surface area contributed by atoms with E-state index in [2.05, 4.69) is 106 Å². The summed E-state index contributed by atoms with van der Waals surface area (Å²) in [6.45, 7) is 10.6. The van der Waals surface area contributed by atoms with E-state index in [1.807, 2.05) is 0 Å². The lowest BCUT2D eigenvalue weighted by Gasteiger charge is -2.32. The van der Waals surface area contributed by atoms with Crippen molar-refractivity contribution in [2.45, 2.75) is 52.1 Å². The van der Waals surface area contributed by atoms with Crippen molar-refractivity contribution in [2.24, 2.45) is 5.92 Å². The molecule has 6 heteroatoms. The van der Waals surface area contributed by atoms with Crippen LogP contribution in [0.5, 0.6) is 0 Å². The molecule has 0 radical (unpaired) electrons. The van der Waals surface area contributed by atoms with Gasteiger partial charge in [0.25, 0.3) is 0 Å². The van der Waals surface area contributed by atoms with E-state index in [1.165, 1.54) is 22.1 Å². The summed E-state index contributed by atoms with van der Waals surface area (Å²) in [5, 5.41) is 9.66. The predicted octanol–water partition coefficient (Wildman–Crippen LogP) is 5.55. The van der Waals surface area contributed by atoms with Gasteiger partial charge in [-0.3, -0.25) is 0 Å². The third-order valence-corrected chi connectivity index (χ3v) is 6.20. The van der Waals surface area contributed by atoms with Crippen LogP contribution in [0, 0.1) is 5.92 Å². The lowest BCUT2D eigenvalue weighted by Crippen LogP contribution is -2.41. The first kappa shape index (κ1) is 20.1. The fourth-order valence-electron chi connectivity index (χ4n) is 3.87. The number of hydrogen-bond acceptors (Lipinski definition) is 4. The van der Waals surface area contributed by atoms with E-state index in [0.717, 1.165) is 6.32 Å². The first-order valence-corrected chi connectivity index (χ1v) is 10.5. The van der Waals surface area contributed by atoms with Gasteiger partial charge >= 0.3 is 14.1 Å². The average molecular weight is 388 g/mol. The number of benzene rings is 2. The molecule has 4 rings (SSSR count). The van der Waals surface area contributed by atoms with Gasteiger partial charge in [-0.05, 0) is 51.1 Å². The lowest BCUT2D eigenvalue weighted by atomic mass is 9.72. The molecular weight excluding hydrogens is 358 g/mol. The number of nitrogens with one attached hydrogen (secondary N) is 2. The minimum atomic E-state index is -0.269. The van der Waals surface area contributed by atoms with Gasteiger partial charge in [0.2, 0.25) is 0 Å². The summed E-state index contributed by atoms with van der Waals surface area (Å²) in [4.78, 5) is 0. The zero-order chi connectivity index (χ0) is 20.6. The standard InChI is InChI=1S/C23H30B2N2O2/c1-17(9-8-15-25-28-22(2,3)23(4,5)29-25)14-16-24-26-19-12-6-10-18-11-7-13-20(27-24)21(18)19/h6-14,16-17,26-27H,15H2,1-5H3/b9-8-,16-14+. The van der Waals surface area contributed by atoms with Crippen molar-refractivity contribution in [3.63, 3.8) is 0 Å². The Hall–Kier alpha value is -2.17. The highest BCUT2D eigenvalue weighted by Gasteiger charge is 2.50. The largest absolute Gasteiger partial charge is 0.461 e. The van der Waals surface area contributed by atoms with E-state index in [4.69, 9.17) is 9.31 Å².